The van der Waals surface area contributed by atoms with Gasteiger partial charge in [-0.25, -0.2) is 0 Å². The Morgan fingerprint density at radius 2 is 1.93 bits per heavy atom. The number of hydrogen-bond acceptors (Lipinski definition) is 4. The van der Waals surface area contributed by atoms with Gasteiger partial charge < -0.3 is 5.21 Å². The fourth-order valence-electron chi connectivity index (χ4n) is 1.62. The maximum absolute atomic E-state index is 10.0. The second-order valence-corrected chi connectivity index (χ2v) is 4.27. The predicted octanol–water partition coefficient (Wildman–Crippen LogP) is 2.02. The summed E-state index contributed by atoms with van der Waals surface area (Å²) in [6.45, 7) is 5.84. The van der Waals surface area contributed by atoms with Crippen molar-refractivity contribution in [3.05, 3.63) is 30.1 Å². The van der Waals surface area contributed by atoms with Gasteiger partial charge in [-0.05, 0) is 38.5 Å². The maximum atomic E-state index is 10.0. The fourth-order valence-corrected chi connectivity index (χ4v) is 1.62. The van der Waals surface area contributed by atoms with E-state index in [0.717, 1.165) is 11.3 Å². The van der Waals surface area contributed by atoms with E-state index in [4.69, 9.17) is 0 Å². The molecule has 1 aliphatic heterocycles. The molecular formula is C11H15N3O. The molecule has 1 aromatic rings. The zero-order chi connectivity index (χ0) is 11.1. The molecular weight excluding hydrogens is 190 g/mol. The van der Waals surface area contributed by atoms with Crippen molar-refractivity contribution >= 4 is 5.71 Å². The molecule has 0 aromatic carbocycles. The minimum Gasteiger partial charge on any atom is -0.311 e. The van der Waals surface area contributed by atoms with Crippen molar-refractivity contribution in [3.63, 3.8) is 0 Å². The molecule has 0 saturated carbocycles. The smallest absolute Gasteiger partial charge is 0.151 e. The van der Waals surface area contributed by atoms with Crippen LogP contribution in [0.1, 0.15) is 32.5 Å². The summed E-state index contributed by atoms with van der Waals surface area (Å²) in [5, 5.41) is 11.3. The van der Waals surface area contributed by atoms with Crippen LogP contribution in [0.5, 0.6) is 0 Å². The molecule has 2 heterocycles. The van der Waals surface area contributed by atoms with Gasteiger partial charge in [-0.2, -0.15) is 5.06 Å². The van der Waals surface area contributed by atoms with Gasteiger partial charge >= 0.3 is 0 Å². The van der Waals surface area contributed by atoms with Crippen molar-refractivity contribution in [3.8, 4) is 0 Å². The number of aliphatic imine (C=N–C) groups is 1. The molecule has 4 nitrogen and oxygen atoms in total. The van der Waals surface area contributed by atoms with Crippen LogP contribution < -0.4 is 0 Å². The lowest BCUT2D eigenvalue weighted by Crippen LogP contribution is -2.42. The van der Waals surface area contributed by atoms with Gasteiger partial charge in [-0.15, -0.1) is 0 Å². The summed E-state index contributed by atoms with van der Waals surface area (Å²) >= 11 is 0. The largest absolute Gasteiger partial charge is 0.311 e. The zero-order valence-corrected chi connectivity index (χ0v) is 9.18. The molecule has 1 aliphatic rings. The predicted molar refractivity (Wildman–Crippen MR) is 57.8 cm³/mol. The molecule has 4 heteroatoms. The summed E-state index contributed by atoms with van der Waals surface area (Å²) in [5.41, 5.74) is 1.50. The van der Waals surface area contributed by atoms with Crippen molar-refractivity contribution in [2.75, 3.05) is 0 Å². The molecule has 0 aliphatic carbocycles. The lowest BCUT2D eigenvalue weighted by atomic mass is 10.0. The standard InChI is InChI=1S/C11H15N3O/c1-8-11(2,3)14(15)10(13-8)9-4-6-12-7-5-9/h4-7,10,15H,1-3H3. The number of pyridine rings is 1. The van der Waals surface area contributed by atoms with Crippen molar-refractivity contribution in [2.45, 2.75) is 32.5 Å². The van der Waals surface area contributed by atoms with Gasteiger partial charge in [0.25, 0.3) is 0 Å². The average molecular weight is 205 g/mol. The third-order valence-electron chi connectivity index (χ3n) is 3.01. The molecule has 80 valence electrons. The first-order valence-electron chi connectivity index (χ1n) is 4.96. The molecule has 0 spiro atoms. The van der Waals surface area contributed by atoms with Gasteiger partial charge in [0, 0.05) is 18.1 Å². The summed E-state index contributed by atoms with van der Waals surface area (Å²) < 4.78 is 0. The molecule has 1 atom stereocenters. The van der Waals surface area contributed by atoms with E-state index in [-0.39, 0.29) is 6.17 Å². The third kappa shape index (κ3) is 1.56. The van der Waals surface area contributed by atoms with Crippen molar-refractivity contribution in [2.24, 2.45) is 4.99 Å². The minimum atomic E-state index is -0.395. The molecule has 15 heavy (non-hydrogen) atoms. The van der Waals surface area contributed by atoms with Crippen LogP contribution in [0.3, 0.4) is 0 Å². The summed E-state index contributed by atoms with van der Waals surface area (Å²) in [5.74, 6) is 0. The summed E-state index contributed by atoms with van der Waals surface area (Å²) in [7, 11) is 0. The van der Waals surface area contributed by atoms with Crippen molar-refractivity contribution in [1.82, 2.24) is 10.0 Å². The highest BCUT2D eigenvalue weighted by atomic mass is 16.5. The Morgan fingerprint density at radius 3 is 2.40 bits per heavy atom. The van der Waals surface area contributed by atoms with E-state index < -0.39 is 5.54 Å². The average Bonchev–Trinajstić information content (AvgIpc) is 2.44. The number of aromatic nitrogens is 1. The first-order valence-corrected chi connectivity index (χ1v) is 4.96. The Morgan fingerprint density at radius 1 is 1.33 bits per heavy atom. The molecule has 0 radical (unpaired) electrons. The Balaban J connectivity index is 2.35. The molecule has 1 unspecified atom stereocenters. The van der Waals surface area contributed by atoms with E-state index in [9.17, 15) is 5.21 Å². The summed E-state index contributed by atoms with van der Waals surface area (Å²) in [6, 6.07) is 3.73. The van der Waals surface area contributed by atoms with Gasteiger partial charge in [0.15, 0.2) is 6.17 Å². The fraction of sp³-hybridized carbons (Fsp3) is 0.455. The number of rotatable bonds is 1. The van der Waals surface area contributed by atoms with Crippen LogP contribution >= 0.6 is 0 Å². The van der Waals surface area contributed by atoms with Gasteiger partial charge in [0.1, 0.15) is 0 Å². The van der Waals surface area contributed by atoms with Crippen LogP contribution in [0, 0.1) is 0 Å². The molecule has 1 aromatic heterocycles. The topological polar surface area (TPSA) is 48.7 Å². The van der Waals surface area contributed by atoms with Crippen LogP contribution in [0.25, 0.3) is 0 Å². The Bertz CT molecular complexity index is 386. The lowest BCUT2D eigenvalue weighted by molar-refractivity contribution is -0.159. The van der Waals surface area contributed by atoms with Crippen LogP contribution in [-0.2, 0) is 0 Å². The summed E-state index contributed by atoms with van der Waals surface area (Å²) in [6.07, 6.45) is 3.11. The first-order chi connectivity index (χ1) is 7.03. The number of hydrogen-bond donors (Lipinski definition) is 1. The molecule has 0 saturated heterocycles. The van der Waals surface area contributed by atoms with Crippen LogP contribution in [0.15, 0.2) is 29.5 Å². The van der Waals surface area contributed by atoms with Crippen LogP contribution in [0.4, 0.5) is 0 Å². The minimum absolute atomic E-state index is 0.303. The Labute approximate surface area is 89.2 Å². The van der Waals surface area contributed by atoms with E-state index in [0.29, 0.717) is 0 Å². The Hall–Kier alpha value is -1.26. The van der Waals surface area contributed by atoms with Crippen molar-refractivity contribution < 1.29 is 5.21 Å². The van der Waals surface area contributed by atoms with Gasteiger partial charge in [-0.3, -0.25) is 9.98 Å². The van der Waals surface area contributed by atoms with E-state index in [1.54, 1.807) is 12.4 Å². The quantitative estimate of drug-likeness (QED) is 0.763. The first kappa shape index (κ1) is 10.3. The molecule has 1 N–H and O–H groups in total. The van der Waals surface area contributed by atoms with Crippen LogP contribution in [-0.4, -0.2) is 26.5 Å². The lowest BCUT2D eigenvalue weighted by Gasteiger charge is -2.29. The van der Waals surface area contributed by atoms with Gasteiger partial charge in [0.05, 0.1) is 5.54 Å². The van der Waals surface area contributed by atoms with Gasteiger partial charge in [-0.1, -0.05) is 0 Å². The molecule has 2 rings (SSSR count). The van der Waals surface area contributed by atoms with Gasteiger partial charge in [0.2, 0.25) is 0 Å². The van der Waals surface area contributed by atoms with E-state index in [1.807, 2.05) is 32.9 Å². The SMILES string of the molecule is CC1=NC(c2ccncc2)N(O)C1(C)C. The summed E-state index contributed by atoms with van der Waals surface area (Å²) in [4.78, 5) is 8.41. The normalized spacial score (nSPS) is 25.3. The van der Waals surface area contributed by atoms with E-state index in [2.05, 4.69) is 9.98 Å². The zero-order valence-electron chi connectivity index (χ0n) is 9.18. The molecule has 0 bridgehead atoms. The number of nitrogens with zero attached hydrogens (tertiary/aromatic N) is 3. The highest BCUT2D eigenvalue weighted by Gasteiger charge is 2.40. The third-order valence-corrected chi connectivity index (χ3v) is 3.01. The maximum Gasteiger partial charge on any atom is 0.151 e. The molecule has 0 amide bonds. The highest BCUT2D eigenvalue weighted by molar-refractivity contribution is 5.92. The second kappa shape index (κ2) is 3.40. The monoisotopic (exact) mass is 205 g/mol. The van der Waals surface area contributed by atoms with E-state index in [1.165, 1.54) is 5.06 Å². The highest BCUT2D eigenvalue weighted by Crippen LogP contribution is 2.34. The molecule has 0 fully saturated rings. The van der Waals surface area contributed by atoms with Crippen LogP contribution in [0.2, 0.25) is 0 Å². The van der Waals surface area contributed by atoms with Crippen molar-refractivity contribution in [1.29, 1.82) is 0 Å². The Kier molecular flexibility index (Phi) is 2.32. The number of hydroxylamine groups is 2. The second-order valence-electron chi connectivity index (χ2n) is 4.27. The van der Waals surface area contributed by atoms with E-state index >= 15 is 0 Å².